The molecule has 2 saturated heterocycles. The van der Waals surface area contributed by atoms with Crippen molar-refractivity contribution in [1.82, 2.24) is 9.21 Å². The van der Waals surface area contributed by atoms with Gasteiger partial charge in [-0.1, -0.05) is 24.3 Å². The van der Waals surface area contributed by atoms with Crippen LogP contribution in [-0.2, 0) is 16.4 Å². The number of ether oxygens (including phenoxy) is 1. The van der Waals surface area contributed by atoms with Crippen LogP contribution in [0.2, 0.25) is 0 Å². The van der Waals surface area contributed by atoms with Gasteiger partial charge in [0.15, 0.2) is 0 Å². The number of sulfonamides is 1. The van der Waals surface area contributed by atoms with Crippen LogP contribution in [0, 0.1) is 5.92 Å². The quantitative estimate of drug-likeness (QED) is 0.775. The molecule has 2 aromatic rings. The summed E-state index contributed by atoms with van der Waals surface area (Å²) in [6, 6.07) is 15.6. The molecule has 3 atom stereocenters. The number of benzene rings is 2. The molecule has 5 rings (SSSR count). The molecule has 2 aromatic carbocycles. The second-order valence-electron chi connectivity index (χ2n) is 8.46. The molecule has 0 saturated carbocycles. The molecule has 3 aliphatic heterocycles. The van der Waals surface area contributed by atoms with E-state index in [1.54, 1.807) is 19.2 Å². The van der Waals surface area contributed by atoms with Crippen molar-refractivity contribution < 1.29 is 13.2 Å². The average Bonchev–Trinajstić information content (AvgIpc) is 2.77. The molecule has 0 spiro atoms. The van der Waals surface area contributed by atoms with Crippen LogP contribution >= 0.6 is 0 Å². The van der Waals surface area contributed by atoms with Crippen molar-refractivity contribution >= 4 is 10.0 Å². The fourth-order valence-corrected chi connectivity index (χ4v) is 7.30. The van der Waals surface area contributed by atoms with Gasteiger partial charge < -0.3 is 4.74 Å². The average molecular weight is 413 g/mol. The van der Waals surface area contributed by atoms with Gasteiger partial charge in [0.2, 0.25) is 10.0 Å². The SMILES string of the molecule is COc1ccc2c(c1)CCN1CC3CCCN(S(=O)(=O)c4ccccc4)C3CC21. The first-order chi connectivity index (χ1) is 14.1. The molecule has 6 heteroatoms. The minimum Gasteiger partial charge on any atom is -0.497 e. The Morgan fingerprint density at radius 2 is 1.90 bits per heavy atom. The maximum absolute atomic E-state index is 13.4. The second-order valence-corrected chi connectivity index (χ2v) is 10.4. The third kappa shape index (κ3) is 3.27. The molecule has 0 aliphatic carbocycles. The van der Waals surface area contributed by atoms with Crippen LogP contribution in [0.4, 0.5) is 0 Å². The highest BCUT2D eigenvalue weighted by Crippen LogP contribution is 2.44. The molecule has 3 unspecified atom stereocenters. The fraction of sp³-hybridized carbons (Fsp3) is 0.478. The Labute approximate surface area is 173 Å². The highest BCUT2D eigenvalue weighted by Gasteiger charge is 2.46. The molecule has 2 fully saturated rings. The molecular weight excluding hydrogens is 384 g/mol. The molecule has 0 amide bonds. The molecule has 0 bridgehead atoms. The largest absolute Gasteiger partial charge is 0.497 e. The van der Waals surface area contributed by atoms with Gasteiger partial charge in [-0.2, -0.15) is 4.31 Å². The smallest absolute Gasteiger partial charge is 0.243 e. The summed E-state index contributed by atoms with van der Waals surface area (Å²) >= 11 is 0. The summed E-state index contributed by atoms with van der Waals surface area (Å²) in [5.41, 5.74) is 2.69. The van der Waals surface area contributed by atoms with Crippen molar-refractivity contribution in [2.75, 3.05) is 26.7 Å². The predicted octanol–water partition coefficient (Wildman–Crippen LogP) is 3.47. The number of nitrogens with zero attached hydrogens (tertiary/aromatic N) is 2. The Kier molecular flexibility index (Phi) is 4.88. The monoisotopic (exact) mass is 412 g/mol. The standard InChI is InChI=1S/C23H28N2O3S/c1-28-19-9-10-21-17(14-19)11-13-24-16-18-6-5-12-25(22(18)15-23(21)24)29(26,27)20-7-3-2-4-8-20/h2-4,7-10,14,18,22-23H,5-6,11-13,15-16H2,1H3. The lowest BCUT2D eigenvalue weighted by Gasteiger charge is -2.51. The van der Waals surface area contributed by atoms with Gasteiger partial charge in [-0.3, -0.25) is 4.90 Å². The summed E-state index contributed by atoms with van der Waals surface area (Å²) < 4.78 is 34.1. The number of piperidine rings is 2. The third-order valence-corrected chi connectivity index (χ3v) is 8.91. The number of hydrogen-bond donors (Lipinski definition) is 0. The molecule has 0 N–H and O–H groups in total. The highest BCUT2D eigenvalue weighted by atomic mass is 32.2. The molecule has 29 heavy (non-hydrogen) atoms. The second kappa shape index (κ2) is 7.42. The van der Waals surface area contributed by atoms with Gasteiger partial charge in [-0.15, -0.1) is 0 Å². The number of hydrogen-bond acceptors (Lipinski definition) is 4. The van der Waals surface area contributed by atoms with E-state index >= 15 is 0 Å². The zero-order valence-corrected chi connectivity index (χ0v) is 17.6. The molecule has 3 heterocycles. The summed E-state index contributed by atoms with van der Waals surface area (Å²) in [6.07, 6.45) is 3.96. The summed E-state index contributed by atoms with van der Waals surface area (Å²) in [6.45, 7) is 2.65. The van der Waals surface area contributed by atoms with Crippen LogP contribution in [0.3, 0.4) is 0 Å². The van der Waals surface area contributed by atoms with Crippen LogP contribution in [0.15, 0.2) is 53.4 Å². The first-order valence-corrected chi connectivity index (χ1v) is 12.0. The van der Waals surface area contributed by atoms with Gasteiger partial charge >= 0.3 is 0 Å². The maximum Gasteiger partial charge on any atom is 0.243 e. The van der Waals surface area contributed by atoms with Crippen molar-refractivity contribution in [3.05, 3.63) is 59.7 Å². The van der Waals surface area contributed by atoms with Crippen LogP contribution in [0.5, 0.6) is 5.75 Å². The first kappa shape index (κ1) is 19.1. The van der Waals surface area contributed by atoms with E-state index in [9.17, 15) is 8.42 Å². The van der Waals surface area contributed by atoms with E-state index in [1.807, 2.05) is 28.6 Å². The molecule has 0 aromatic heterocycles. The van der Waals surface area contributed by atoms with E-state index in [0.29, 0.717) is 17.4 Å². The van der Waals surface area contributed by atoms with Crippen LogP contribution in [0.1, 0.15) is 36.4 Å². The Morgan fingerprint density at radius 1 is 1.07 bits per heavy atom. The van der Waals surface area contributed by atoms with E-state index in [2.05, 4.69) is 17.0 Å². The first-order valence-electron chi connectivity index (χ1n) is 10.6. The van der Waals surface area contributed by atoms with E-state index in [-0.39, 0.29) is 12.1 Å². The Hall–Kier alpha value is -1.89. The van der Waals surface area contributed by atoms with E-state index in [1.165, 1.54) is 11.1 Å². The van der Waals surface area contributed by atoms with Gasteiger partial charge in [0.1, 0.15) is 5.75 Å². The predicted molar refractivity (Wildman–Crippen MR) is 112 cm³/mol. The van der Waals surface area contributed by atoms with Crippen LogP contribution in [-0.4, -0.2) is 50.4 Å². The Morgan fingerprint density at radius 3 is 2.69 bits per heavy atom. The van der Waals surface area contributed by atoms with E-state index in [0.717, 1.165) is 44.5 Å². The van der Waals surface area contributed by atoms with E-state index < -0.39 is 10.0 Å². The Bertz CT molecular complexity index is 992. The Balaban J connectivity index is 1.48. The van der Waals surface area contributed by atoms with E-state index in [4.69, 9.17) is 4.74 Å². The van der Waals surface area contributed by atoms with Crippen LogP contribution < -0.4 is 4.74 Å². The zero-order chi connectivity index (χ0) is 20.0. The topological polar surface area (TPSA) is 49.9 Å². The van der Waals surface area contributed by atoms with Gasteiger partial charge in [0.05, 0.1) is 12.0 Å². The van der Waals surface area contributed by atoms with Gasteiger partial charge in [0, 0.05) is 31.7 Å². The highest BCUT2D eigenvalue weighted by molar-refractivity contribution is 7.89. The third-order valence-electron chi connectivity index (χ3n) is 6.97. The van der Waals surface area contributed by atoms with Crippen LogP contribution in [0.25, 0.3) is 0 Å². The van der Waals surface area contributed by atoms with Crippen molar-refractivity contribution in [3.63, 3.8) is 0 Å². The minimum atomic E-state index is -3.46. The normalized spacial score (nSPS) is 27.6. The number of fused-ring (bicyclic) bond motifs is 4. The van der Waals surface area contributed by atoms with Crippen molar-refractivity contribution in [1.29, 1.82) is 0 Å². The summed E-state index contributed by atoms with van der Waals surface area (Å²) in [7, 11) is -1.76. The fourth-order valence-electron chi connectivity index (χ4n) is 5.54. The summed E-state index contributed by atoms with van der Waals surface area (Å²) in [4.78, 5) is 2.99. The van der Waals surface area contributed by atoms with Crippen molar-refractivity contribution in [2.24, 2.45) is 5.92 Å². The van der Waals surface area contributed by atoms with Gasteiger partial charge in [-0.05, 0) is 67.0 Å². The summed E-state index contributed by atoms with van der Waals surface area (Å²) in [5, 5.41) is 0. The lowest BCUT2D eigenvalue weighted by atomic mass is 9.77. The minimum absolute atomic E-state index is 0.0725. The zero-order valence-electron chi connectivity index (χ0n) is 16.8. The molecule has 3 aliphatic rings. The summed E-state index contributed by atoms with van der Waals surface area (Å²) in [5.74, 6) is 1.31. The van der Waals surface area contributed by atoms with Gasteiger partial charge in [0.25, 0.3) is 0 Å². The number of methoxy groups -OCH3 is 1. The van der Waals surface area contributed by atoms with Gasteiger partial charge in [-0.25, -0.2) is 8.42 Å². The van der Waals surface area contributed by atoms with Crippen molar-refractivity contribution in [3.8, 4) is 5.75 Å². The molecular formula is C23H28N2O3S. The lowest BCUT2D eigenvalue weighted by Crippen LogP contribution is -2.57. The number of rotatable bonds is 3. The van der Waals surface area contributed by atoms with Crippen molar-refractivity contribution in [2.45, 2.75) is 42.7 Å². The lowest BCUT2D eigenvalue weighted by molar-refractivity contribution is 0.0219. The maximum atomic E-state index is 13.4. The molecule has 5 nitrogen and oxygen atoms in total. The molecule has 0 radical (unpaired) electrons. The molecule has 154 valence electrons.